The van der Waals surface area contributed by atoms with E-state index in [9.17, 15) is 13.2 Å². The number of carbonyl (C=O) groups is 1. The van der Waals surface area contributed by atoms with Crippen molar-refractivity contribution in [3.05, 3.63) is 24.3 Å². The van der Waals surface area contributed by atoms with E-state index in [1.54, 1.807) is 12.1 Å². The molecule has 0 heterocycles. The molecule has 0 fully saturated rings. The van der Waals surface area contributed by atoms with Gasteiger partial charge in [0.2, 0.25) is 15.9 Å². The van der Waals surface area contributed by atoms with E-state index >= 15 is 0 Å². The fourth-order valence-electron chi connectivity index (χ4n) is 1.86. The number of primary sulfonamides is 1. The van der Waals surface area contributed by atoms with Crippen LogP contribution in [0.2, 0.25) is 0 Å². The number of rotatable bonds is 8. The third-order valence-corrected chi connectivity index (χ3v) is 4.17. The Bertz CT molecular complexity index is 600. The van der Waals surface area contributed by atoms with Gasteiger partial charge in [-0.15, -0.1) is 0 Å². The number of sulfonamides is 1. The summed E-state index contributed by atoms with van der Waals surface area (Å²) in [6, 6.07) is 5.93. The molecule has 0 aliphatic carbocycles. The van der Waals surface area contributed by atoms with Gasteiger partial charge in [-0.1, -0.05) is 19.9 Å². The number of nitrogens with one attached hydrogen (secondary N) is 1. The van der Waals surface area contributed by atoms with Crippen molar-refractivity contribution in [3.63, 3.8) is 0 Å². The van der Waals surface area contributed by atoms with E-state index in [1.807, 2.05) is 7.05 Å². The Hall–Kier alpha value is -1.44. The summed E-state index contributed by atoms with van der Waals surface area (Å²) in [5.41, 5.74) is 0.432. The maximum atomic E-state index is 11.9. The molecule has 0 aliphatic rings. The van der Waals surface area contributed by atoms with Gasteiger partial charge in [0.05, 0.1) is 4.90 Å². The lowest BCUT2D eigenvalue weighted by Crippen LogP contribution is -2.26. The van der Waals surface area contributed by atoms with Crippen LogP contribution in [-0.4, -0.2) is 39.4 Å². The molecule has 0 aromatic heterocycles. The molecular weight excluding hydrogens is 302 g/mol. The van der Waals surface area contributed by atoms with E-state index in [2.05, 4.69) is 24.1 Å². The zero-order valence-electron chi connectivity index (χ0n) is 13.4. The number of nitrogens with zero attached hydrogens (tertiary/aromatic N) is 1. The van der Waals surface area contributed by atoms with Crippen LogP contribution in [0.25, 0.3) is 0 Å². The summed E-state index contributed by atoms with van der Waals surface area (Å²) in [6.45, 7) is 5.94. The molecule has 22 heavy (non-hydrogen) atoms. The van der Waals surface area contributed by atoms with Gasteiger partial charge in [-0.25, -0.2) is 13.6 Å². The zero-order valence-corrected chi connectivity index (χ0v) is 14.2. The van der Waals surface area contributed by atoms with E-state index in [0.717, 1.165) is 13.0 Å². The minimum atomic E-state index is -3.76. The summed E-state index contributed by atoms with van der Waals surface area (Å²) in [6.07, 6.45) is 1.45. The molecule has 1 aromatic rings. The van der Waals surface area contributed by atoms with Gasteiger partial charge in [-0.05, 0) is 44.1 Å². The Morgan fingerprint density at radius 3 is 2.59 bits per heavy atom. The van der Waals surface area contributed by atoms with Gasteiger partial charge >= 0.3 is 0 Å². The standard InChI is InChI=1S/C15H25N3O3S/c1-12(2)7-9-18(3)10-8-15(19)17-13-5-4-6-14(11-13)22(16,20)21/h4-6,11-12H,7-10H2,1-3H3,(H,17,19)(H2,16,20,21). The first-order valence-corrected chi connectivity index (χ1v) is 8.84. The fraction of sp³-hybridized carbons (Fsp3) is 0.533. The molecule has 0 saturated heterocycles. The SMILES string of the molecule is CC(C)CCN(C)CCC(=O)Nc1cccc(S(N)(=O)=O)c1. The quantitative estimate of drug-likeness (QED) is 0.759. The number of anilines is 1. The fourth-order valence-corrected chi connectivity index (χ4v) is 2.42. The van der Waals surface area contributed by atoms with E-state index in [1.165, 1.54) is 12.1 Å². The van der Waals surface area contributed by atoms with Gasteiger partial charge in [0.1, 0.15) is 0 Å². The number of benzene rings is 1. The predicted molar refractivity (Wildman–Crippen MR) is 88.0 cm³/mol. The van der Waals surface area contributed by atoms with Crippen molar-refractivity contribution in [3.8, 4) is 0 Å². The Morgan fingerprint density at radius 2 is 2.00 bits per heavy atom. The molecule has 0 radical (unpaired) electrons. The minimum absolute atomic E-state index is 0.0145. The number of amides is 1. The average molecular weight is 327 g/mol. The summed E-state index contributed by atoms with van der Waals surface area (Å²) >= 11 is 0. The van der Waals surface area contributed by atoms with E-state index in [0.29, 0.717) is 24.6 Å². The molecule has 6 nitrogen and oxygen atoms in total. The lowest BCUT2D eigenvalue weighted by molar-refractivity contribution is -0.116. The second kappa shape index (κ2) is 8.26. The highest BCUT2D eigenvalue weighted by Gasteiger charge is 2.10. The van der Waals surface area contributed by atoms with Crippen molar-refractivity contribution < 1.29 is 13.2 Å². The van der Waals surface area contributed by atoms with Crippen LogP contribution in [0.1, 0.15) is 26.7 Å². The summed E-state index contributed by atoms with van der Waals surface area (Å²) < 4.78 is 22.5. The Morgan fingerprint density at radius 1 is 1.32 bits per heavy atom. The molecule has 0 atom stereocenters. The summed E-state index contributed by atoms with van der Waals surface area (Å²) in [5.74, 6) is 0.486. The minimum Gasteiger partial charge on any atom is -0.326 e. The molecule has 0 bridgehead atoms. The third kappa shape index (κ3) is 7.02. The highest BCUT2D eigenvalue weighted by Crippen LogP contribution is 2.14. The van der Waals surface area contributed by atoms with Crippen LogP contribution in [0.5, 0.6) is 0 Å². The highest BCUT2D eigenvalue weighted by molar-refractivity contribution is 7.89. The van der Waals surface area contributed by atoms with Crippen LogP contribution < -0.4 is 10.5 Å². The number of carbonyl (C=O) groups excluding carboxylic acids is 1. The number of nitrogens with two attached hydrogens (primary N) is 1. The van der Waals surface area contributed by atoms with Gasteiger partial charge in [0.15, 0.2) is 0 Å². The lowest BCUT2D eigenvalue weighted by Gasteiger charge is -2.17. The molecule has 1 aromatic carbocycles. The van der Waals surface area contributed by atoms with Gasteiger partial charge in [0.25, 0.3) is 0 Å². The predicted octanol–water partition coefficient (Wildman–Crippen LogP) is 1.64. The Labute approximate surface area is 132 Å². The van der Waals surface area contributed by atoms with Crippen molar-refractivity contribution >= 4 is 21.6 Å². The van der Waals surface area contributed by atoms with Crippen molar-refractivity contribution in [1.29, 1.82) is 0 Å². The Kier molecular flexibility index (Phi) is 6.99. The monoisotopic (exact) mass is 327 g/mol. The summed E-state index contributed by atoms with van der Waals surface area (Å²) in [5, 5.41) is 7.75. The number of hydrogen-bond donors (Lipinski definition) is 2. The summed E-state index contributed by atoms with van der Waals surface area (Å²) in [4.78, 5) is 14.0. The maximum absolute atomic E-state index is 11.9. The first kappa shape index (κ1) is 18.6. The summed E-state index contributed by atoms with van der Waals surface area (Å²) in [7, 11) is -1.78. The van der Waals surface area contributed by atoms with Crippen LogP contribution >= 0.6 is 0 Å². The van der Waals surface area contributed by atoms with Gasteiger partial charge in [0, 0.05) is 18.7 Å². The first-order valence-electron chi connectivity index (χ1n) is 7.29. The second-order valence-corrected chi connectivity index (χ2v) is 7.42. The molecule has 124 valence electrons. The first-order chi connectivity index (χ1) is 10.2. The topological polar surface area (TPSA) is 92.5 Å². The van der Waals surface area contributed by atoms with Crippen LogP contribution in [-0.2, 0) is 14.8 Å². The van der Waals surface area contributed by atoms with Crippen LogP contribution in [0.4, 0.5) is 5.69 Å². The third-order valence-electron chi connectivity index (χ3n) is 3.26. The normalized spacial score (nSPS) is 11.9. The average Bonchev–Trinajstić information content (AvgIpc) is 2.42. The van der Waals surface area contributed by atoms with E-state index in [-0.39, 0.29) is 10.8 Å². The van der Waals surface area contributed by atoms with Crippen molar-refractivity contribution in [1.82, 2.24) is 4.90 Å². The lowest BCUT2D eigenvalue weighted by atomic mass is 10.1. The molecule has 0 spiro atoms. The smallest absolute Gasteiger partial charge is 0.238 e. The largest absolute Gasteiger partial charge is 0.326 e. The second-order valence-electron chi connectivity index (χ2n) is 5.86. The van der Waals surface area contributed by atoms with Crippen molar-refractivity contribution in [2.75, 3.05) is 25.5 Å². The van der Waals surface area contributed by atoms with Crippen molar-refractivity contribution in [2.45, 2.75) is 31.6 Å². The molecule has 0 saturated carbocycles. The van der Waals surface area contributed by atoms with Crippen LogP contribution in [0, 0.1) is 5.92 Å². The van der Waals surface area contributed by atoms with E-state index < -0.39 is 10.0 Å². The van der Waals surface area contributed by atoms with Gasteiger partial charge in [-0.2, -0.15) is 0 Å². The molecular formula is C15H25N3O3S. The molecule has 3 N–H and O–H groups in total. The van der Waals surface area contributed by atoms with Crippen molar-refractivity contribution in [2.24, 2.45) is 11.1 Å². The zero-order chi connectivity index (χ0) is 16.8. The number of hydrogen-bond acceptors (Lipinski definition) is 4. The molecule has 0 unspecified atom stereocenters. The van der Waals surface area contributed by atoms with Gasteiger partial charge in [-0.3, -0.25) is 4.79 Å². The molecule has 1 amide bonds. The molecule has 7 heteroatoms. The Balaban J connectivity index is 2.49. The van der Waals surface area contributed by atoms with E-state index in [4.69, 9.17) is 5.14 Å². The highest BCUT2D eigenvalue weighted by atomic mass is 32.2. The van der Waals surface area contributed by atoms with Gasteiger partial charge < -0.3 is 10.2 Å². The maximum Gasteiger partial charge on any atom is 0.238 e. The van der Waals surface area contributed by atoms with Crippen LogP contribution in [0.3, 0.4) is 0 Å². The molecule has 1 rings (SSSR count). The molecule has 0 aliphatic heterocycles. The van der Waals surface area contributed by atoms with Crippen LogP contribution in [0.15, 0.2) is 29.2 Å².